The summed E-state index contributed by atoms with van der Waals surface area (Å²) in [6.45, 7) is 6.85. The maximum atomic E-state index is 10.6. The first-order valence-electron chi connectivity index (χ1n) is 8.92. The Labute approximate surface area is 165 Å². The molecule has 0 heterocycles. The van der Waals surface area contributed by atoms with E-state index in [9.17, 15) is 9.90 Å². The van der Waals surface area contributed by atoms with Crippen molar-refractivity contribution in [1.29, 1.82) is 0 Å². The van der Waals surface area contributed by atoms with Crippen molar-refractivity contribution in [3.8, 4) is 0 Å². The number of carboxylic acids is 1. The van der Waals surface area contributed by atoms with Crippen molar-refractivity contribution in [3.63, 3.8) is 0 Å². The minimum atomic E-state index is -0.957. The molecule has 0 spiro atoms. The Balaban J connectivity index is 0. The van der Waals surface area contributed by atoms with E-state index in [4.69, 9.17) is 0 Å². The first kappa shape index (κ1) is 25.2. The number of allylic oxidation sites excluding steroid dienone is 2. The normalized spacial score (nSPS) is 11.4. The van der Waals surface area contributed by atoms with Crippen LogP contribution in [-0.2, 0) is 4.79 Å². The Morgan fingerprint density at radius 3 is 1.65 bits per heavy atom. The molecular weight excluding hydrogens is 297 g/mol. The van der Waals surface area contributed by atoms with Crippen molar-refractivity contribution >= 4 is 5.97 Å². The van der Waals surface area contributed by atoms with Crippen molar-refractivity contribution < 1.29 is 39.5 Å². The summed E-state index contributed by atoms with van der Waals surface area (Å²) in [4.78, 5) is 12.9. The molecule has 0 rings (SSSR count). The van der Waals surface area contributed by atoms with Gasteiger partial charge in [0, 0.05) is 25.6 Å². The van der Waals surface area contributed by atoms with Gasteiger partial charge in [0.1, 0.15) is 0 Å². The van der Waals surface area contributed by atoms with Gasteiger partial charge in [-0.1, -0.05) is 63.8 Å². The molecule has 0 atom stereocenters. The molecule has 0 saturated carbocycles. The molecule has 0 aliphatic heterocycles. The molecular formula is C19H34NNaO2. The van der Waals surface area contributed by atoms with Gasteiger partial charge >= 0.3 is 29.6 Å². The van der Waals surface area contributed by atoms with Gasteiger partial charge in [0.05, 0.1) is 0 Å². The zero-order chi connectivity index (χ0) is 16.5. The molecule has 0 aromatic carbocycles. The number of hydrogen-bond acceptors (Lipinski definition) is 3. The van der Waals surface area contributed by atoms with Crippen LogP contribution in [0.25, 0.3) is 0 Å². The van der Waals surface area contributed by atoms with Crippen LogP contribution in [0.5, 0.6) is 0 Å². The first-order chi connectivity index (χ1) is 10.7. The summed E-state index contributed by atoms with van der Waals surface area (Å²) >= 11 is 0. The van der Waals surface area contributed by atoms with E-state index in [1.54, 1.807) is 0 Å². The fraction of sp³-hybridized carbons (Fsp3) is 0.737. The smallest absolute Gasteiger partial charge is 0.550 e. The van der Waals surface area contributed by atoms with Crippen molar-refractivity contribution in [3.05, 3.63) is 24.3 Å². The second-order valence-corrected chi connectivity index (χ2v) is 5.77. The van der Waals surface area contributed by atoms with E-state index in [1.807, 2.05) is 0 Å². The third-order valence-corrected chi connectivity index (χ3v) is 3.64. The molecule has 0 N–H and O–H groups in total. The van der Waals surface area contributed by atoms with E-state index < -0.39 is 5.97 Å². The summed E-state index contributed by atoms with van der Waals surface area (Å²) in [7, 11) is 0. The predicted octanol–water partition coefficient (Wildman–Crippen LogP) is 0.705. The Morgan fingerprint density at radius 1 is 0.826 bits per heavy atom. The van der Waals surface area contributed by atoms with E-state index in [1.165, 1.54) is 25.7 Å². The second-order valence-electron chi connectivity index (χ2n) is 5.77. The molecule has 3 nitrogen and oxygen atoms in total. The number of unbranched alkanes of at least 4 members (excludes halogenated alkanes) is 4. The summed E-state index contributed by atoms with van der Waals surface area (Å²) in [5.74, 6) is -0.957. The van der Waals surface area contributed by atoms with Crippen molar-refractivity contribution in [1.82, 2.24) is 4.90 Å². The van der Waals surface area contributed by atoms with Crippen LogP contribution in [0.3, 0.4) is 0 Å². The average Bonchev–Trinajstić information content (AvgIpc) is 2.50. The van der Waals surface area contributed by atoms with E-state index in [0.717, 1.165) is 38.8 Å². The number of carboxylic acid groups (broad SMARTS) is 1. The Bertz CT molecular complexity index is 294. The van der Waals surface area contributed by atoms with Crippen LogP contribution < -0.4 is 34.7 Å². The van der Waals surface area contributed by atoms with E-state index in [0.29, 0.717) is 6.54 Å². The van der Waals surface area contributed by atoms with Crippen LogP contribution in [0.2, 0.25) is 0 Å². The van der Waals surface area contributed by atoms with E-state index >= 15 is 0 Å². The molecule has 0 aliphatic carbocycles. The molecule has 4 heteroatoms. The van der Waals surface area contributed by atoms with E-state index in [2.05, 4.69) is 43.1 Å². The van der Waals surface area contributed by atoms with Crippen LogP contribution in [0, 0.1) is 0 Å². The van der Waals surface area contributed by atoms with Crippen LogP contribution in [0.1, 0.15) is 71.6 Å². The standard InChI is InChI=1S/C19H35NO2.Na/c1-3-5-7-9-11-13-16-20(18-15-19(21)22)17-14-12-10-8-6-4-2;/h9-12H,3-8,13-18H2,1-2H3,(H,21,22);/q;+1/p-1/b11-9+,12-10+;. The van der Waals surface area contributed by atoms with Gasteiger partial charge in [-0.15, -0.1) is 0 Å². The topological polar surface area (TPSA) is 43.4 Å². The fourth-order valence-electron chi connectivity index (χ4n) is 2.21. The van der Waals surface area contributed by atoms with Crippen LogP contribution in [0.15, 0.2) is 24.3 Å². The largest absolute Gasteiger partial charge is 1.00 e. The number of rotatable bonds is 15. The van der Waals surface area contributed by atoms with Gasteiger partial charge in [-0.3, -0.25) is 0 Å². The van der Waals surface area contributed by atoms with Crippen molar-refractivity contribution in [2.24, 2.45) is 0 Å². The Kier molecular flexibility index (Phi) is 21.8. The van der Waals surface area contributed by atoms with Gasteiger partial charge in [0.15, 0.2) is 0 Å². The zero-order valence-electron chi connectivity index (χ0n) is 15.6. The van der Waals surface area contributed by atoms with E-state index in [-0.39, 0.29) is 36.0 Å². The number of nitrogens with zero attached hydrogens (tertiary/aromatic N) is 1. The van der Waals surface area contributed by atoms with Crippen LogP contribution in [-0.4, -0.2) is 30.5 Å². The van der Waals surface area contributed by atoms with Crippen LogP contribution in [0.4, 0.5) is 0 Å². The number of carbonyl (C=O) groups excluding carboxylic acids is 1. The molecule has 0 aromatic rings. The molecule has 0 aromatic heterocycles. The van der Waals surface area contributed by atoms with Gasteiger partial charge in [0.25, 0.3) is 0 Å². The van der Waals surface area contributed by atoms with Gasteiger partial charge < -0.3 is 14.8 Å². The van der Waals surface area contributed by atoms with Crippen LogP contribution >= 0.6 is 0 Å². The molecule has 0 amide bonds. The summed E-state index contributed by atoms with van der Waals surface area (Å²) < 4.78 is 0. The monoisotopic (exact) mass is 331 g/mol. The third-order valence-electron chi connectivity index (χ3n) is 3.64. The predicted molar refractivity (Wildman–Crippen MR) is 92.6 cm³/mol. The maximum absolute atomic E-state index is 10.6. The number of aliphatic carboxylic acids is 1. The second kappa shape index (κ2) is 20.0. The van der Waals surface area contributed by atoms with Gasteiger partial charge in [-0.25, -0.2) is 0 Å². The zero-order valence-corrected chi connectivity index (χ0v) is 17.6. The molecule has 0 saturated heterocycles. The average molecular weight is 331 g/mol. The fourth-order valence-corrected chi connectivity index (χ4v) is 2.21. The van der Waals surface area contributed by atoms with Crippen molar-refractivity contribution in [2.75, 3.05) is 19.6 Å². The summed E-state index contributed by atoms with van der Waals surface area (Å²) in [6.07, 6.45) is 18.3. The Morgan fingerprint density at radius 2 is 1.26 bits per heavy atom. The number of hydrogen-bond donors (Lipinski definition) is 0. The molecule has 0 aliphatic rings. The summed E-state index contributed by atoms with van der Waals surface area (Å²) in [5, 5.41) is 10.6. The molecule has 0 bridgehead atoms. The molecule has 128 valence electrons. The van der Waals surface area contributed by atoms with Gasteiger partial charge in [0.2, 0.25) is 0 Å². The SMILES string of the molecule is CCCC/C=C/CCN(CC/C=C/CCCC)CCC(=O)[O-].[Na+]. The number of carbonyl (C=O) groups is 1. The maximum Gasteiger partial charge on any atom is 1.00 e. The quantitative estimate of drug-likeness (QED) is 0.252. The Hall–Kier alpha value is -0.0900. The molecule has 23 heavy (non-hydrogen) atoms. The van der Waals surface area contributed by atoms with Crippen molar-refractivity contribution in [2.45, 2.75) is 71.6 Å². The summed E-state index contributed by atoms with van der Waals surface area (Å²) in [6, 6.07) is 0. The molecule has 0 unspecified atom stereocenters. The molecule has 0 radical (unpaired) electrons. The minimum absolute atomic E-state index is 0. The third kappa shape index (κ3) is 19.9. The minimum Gasteiger partial charge on any atom is -0.550 e. The first-order valence-corrected chi connectivity index (χ1v) is 8.92. The van der Waals surface area contributed by atoms with Gasteiger partial charge in [-0.05, 0) is 32.1 Å². The summed E-state index contributed by atoms with van der Waals surface area (Å²) in [5.41, 5.74) is 0. The molecule has 0 fully saturated rings. The van der Waals surface area contributed by atoms with Gasteiger partial charge in [-0.2, -0.15) is 0 Å².